The largest absolute Gasteiger partial charge is 0.437 e. The fourth-order valence-corrected chi connectivity index (χ4v) is 15.6. The highest BCUT2D eigenvalue weighted by Crippen LogP contribution is 2.25. The third-order valence-corrected chi connectivity index (χ3v) is 13.3. The lowest BCUT2D eigenvalue weighted by atomic mass is 10.3. The monoisotopic (exact) mass is 426 g/mol. The zero-order chi connectivity index (χ0) is 20.6. The Morgan fingerprint density at radius 2 is 1.42 bits per heavy atom. The average molecular weight is 427 g/mol. The molecule has 0 spiro atoms. The third kappa shape index (κ3) is 14.5. The summed E-state index contributed by atoms with van der Waals surface area (Å²) in [7, 11) is -1.52. The highest BCUT2D eigenvalue weighted by molar-refractivity contribution is 6.87. The van der Waals surface area contributed by atoms with Gasteiger partial charge < -0.3 is 27.7 Å². The van der Waals surface area contributed by atoms with Gasteiger partial charge in [-0.25, -0.2) is 0 Å². The normalized spacial score (nSPS) is 15.3. The molecule has 0 saturated carbocycles. The molecular weight excluding hydrogens is 382 g/mol. The first kappa shape index (κ1) is 26.4. The topological polar surface area (TPSA) is 68.2 Å². The van der Waals surface area contributed by atoms with E-state index in [0.29, 0.717) is 30.8 Å². The maximum absolute atomic E-state index is 10.1. The minimum Gasteiger partial charge on any atom is -0.437 e. The molecule has 0 radical (unpaired) electrons. The van der Waals surface area contributed by atoms with Crippen molar-refractivity contribution in [1.29, 1.82) is 0 Å². The van der Waals surface area contributed by atoms with Gasteiger partial charge in [0.25, 0.3) is 0 Å². The molecule has 0 aromatic carbocycles. The van der Waals surface area contributed by atoms with E-state index >= 15 is 0 Å². The molecule has 0 aliphatic carbocycles. The van der Waals surface area contributed by atoms with E-state index in [4.69, 9.17) is 18.1 Å². The summed E-state index contributed by atoms with van der Waals surface area (Å²) in [6.07, 6.45) is 0.371. The molecule has 1 unspecified atom stereocenters. The summed E-state index contributed by atoms with van der Waals surface area (Å²) in [5.41, 5.74) is 0. The highest BCUT2D eigenvalue weighted by atomic mass is 28.5. The molecule has 0 fully saturated rings. The number of aliphatic hydroxyl groups excluding tert-OH is 2. The van der Waals surface area contributed by atoms with Crippen LogP contribution in [0.15, 0.2) is 0 Å². The van der Waals surface area contributed by atoms with Gasteiger partial charge in [-0.05, 0) is 58.3 Å². The Hall–Kier alpha value is 0.411. The van der Waals surface area contributed by atoms with E-state index in [9.17, 15) is 5.11 Å². The van der Waals surface area contributed by atoms with Crippen molar-refractivity contribution in [2.45, 2.75) is 64.4 Å². The van der Waals surface area contributed by atoms with Crippen LogP contribution < -0.4 is 0 Å². The van der Waals surface area contributed by atoms with Gasteiger partial charge in [-0.3, -0.25) is 0 Å². The molecule has 0 aromatic rings. The molecule has 0 saturated heterocycles. The summed E-state index contributed by atoms with van der Waals surface area (Å²) in [5, 5.41) is 19.2. The summed E-state index contributed by atoms with van der Waals surface area (Å²) in [6.45, 7) is 17.7. The van der Waals surface area contributed by atoms with Crippen LogP contribution in [0.4, 0.5) is 0 Å². The van der Waals surface area contributed by atoms with Gasteiger partial charge in [0, 0.05) is 6.61 Å². The van der Waals surface area contributed by atoms with Crippen LogP contribution in [0.2, 0.25) is 51.9 Å². The van der Waals surface area contributed by atoms with Crippen LogP contribution in [0.5, 0.6) is 0 Å². The molecule has 158 valence electrons. The summed E-state index contributed by atoms with van der Waals surface area (Å²) in [6, 6.07) is 0.920. The molecule has 1 atom stereocenters. The van der Waals surface area contributed by atoms with Gasteiger partial charge in [-0.15, -0.1) is 0 Å². The lowest BCUT2D eigenvalue weighted by Crippen LogP contribution is -2.52. The van der Waals surface area contributed by atoms with Crippen molar-refractivity contribution in [3.05, 3.63) is 0 Å². The quantitative estimate of drug-likeness (QED) is 0.254. The maximum Gasteiger partial charge on any atom is 0.314 e. The van der Waals surface area contributed by atoms with Crippen molar-refractivity contribution in [2.75, 3.05) is 47.0 Å². The molecule has 2 N–H and O–H groups in total. The Balaban J connectivity index is 4.35. The standard InChI is InChI=1S/C17H44NO5Si3/c1-18(2,11-12-19)15-17(20)16-21-13-10-14-26(9,22-24(3,4)5)23-25(6,7)8/h17,19-20H,10-16H2,1-9H3/q+1. The van der Waals surface area contributed by atoms with E-state index in [1.165, 1.54) is 0 Å². The van der Waals surface area contributed by atoms with Crippen LogP contribution in [-0.4, -0.2) is 93.0 Å². The fourth-order valence-electron chi connectivity index (χ4n) is 3.12. The van der Waals surface area contributed by atoms with Crippen molar-refractivity contribution in [2.24, 2.45) is 0 Å². The Bertz CT molecular complexity index is 381. The van der Waals surface area contributed by atoms with E-state index in [-0.39, 0.29) is 6.61 Å². The lowest BCUT2D eigenvalue weighted by molar-refractivity contribution is -0.893. The van der Waals surface area contributed by atoms with E-state index in [1.807, 2.05) is 14.1 Å². The Morgan fingerprint density at radius 3 is 1.85 bits per heavy atom. The van der Waals surface area contributed by atoms with Crippen LogP contribution >= 0.6 is 0 Å². The molecule has 0 aromatic heterocycles. The lowest BCUT2D eigenvalue weighted by Gasteiger charge is -2.38. The molecule has 26 heavy (non-hydrogen) atoms. The van der Waals surface area contributed by atoms with Gasteiger partial charge in [0.1, 0.15) is 19.2 Å². The number of hydrogen-bond acceptors (Lipinski definition) is 5. The first-order chi connectivity index (χ1) is 11.6. The molecule has 0 aliphatic heterocycles. The molecular formula is C17H44NO5Si3+. The van der Waals surface area contributed by atoms with Crippen LogP contribution in [0.1, 0.15) is 6.42 Å². The zero-order valence-corrected chi connectivity index (χ0v) is 21.6. The second-order valence-electron chi connectivity index (χ2n) is 9.96. The van der Waals surface area contributed by atoms with Gasteiger partial charge in [0.2, 0.25) is 0 Å². The summed E-state index contributed by atoms with van der Waals surface area (Å²) < 4.78 is 19.2. The Morgan fingerprint density at radius 1 is 0.923 bits per heavy atom. The van der Waals surface area contributed by atoms with Crippen LogP contribution in [0.3, 0.4) is 0 Å². The third-order valence-electron chi connectivity index (χ3n) is 3.68. The Kier molecular flexibility index (Phi) is 11.0. The number of rotatable bonds is 14. The number of aliphatic hydroxyl groups is 2. The Labute approximate surface area is 164 Å². The van der Waals surface area contributed by atoms with Gasteiger partial charge in [-0.2, -0.15) is 0 Å². The average Bonchev–Trinajstić information content (AvgIpc) is 2.32. The van der Waals surface area contributed by atoms with E-state index < -0.39 is 31.3 Å². The summed E-state index contributed by atoms with van der Waals surface area (Å²) in [5.74, 6) is 0. The molecule has 0 amide bonds. The van der Waals surface area contributed by atoms with Crippen molar-refractivity contribution in [3.63, 3.8) is 0 Å². The number of ether oxygens (including phenoxy) is 1. The van der Waals surface area contributed by atoms with Gasteiger partial charge in [0.05, 0.1) is 27.3 Å². The first-order valence-electron chi connectivity index (χ1n) is 9.67. The van der Waals surface area contributed by atoms with Crippen LogP contribution in [-0.2, 0) is 13.0 Å². The second-order valence-corrected chi connectivity index (χ2v) is 22.8. The van der Waals surface area contributed by atoms with E-state index in [2.05, 4.69) is 45.8 Å². The molecule has 6 nitrogen and oxygen atoms in total. The van der Waals surface area contributed by atoms with Gasteiger partial charge in [-0.1, -0.05) is 0 Å². The van der Waals surface area contributed by atoms with Crippen LogP contribution in [0.25, 0.3) is 0 Å². The fraction of sp³-hybridized carbons (Fsp3) is 1.00. The van der Waals surface area contributed by atoms with Crippen LogP contribution in [0, 0.1) is 0 Å². The molecule has 0 heterocycles. The van der Waals surface area contributed by atoms with Crippen molar-refractivity contribution < 1.29 is 27.7 Å². The summed E-state index contributed by atoms with van der Waals surface area (Å²) in [4.78, 5) is 0. The van der Waals surface area contributed by atoms with Crippen molar-refractivity contribution in [1.82, 2.24) is 0 Å². The number of hydrogen-bond donors (Lipinski definition) is 2. The van der Waals surface area contributed by atoms with Gasteiger partial charge >= 0.3 is 8.56 Å². The van der Waals surface area contributed by atoms with E-state index in [0.717, 1.165) is 12.5 Å². The molecule has 0 bridgehead atoms. The maximum atomic E-state index is 10.1. The van der Waals surface area contributed by atoms with E-state index in [1.54, 1.807) is 0 Å². The predicted molar refractivity (Wildman–Crippen MR) is 116 cm³/mol. The molecule has 0 aliphatic rings. The second kappa shape index (κ2) is 10.8. The molecule has 0 rings (SSSR count). The minimum atomic E-state index is -2.20. The predicted octanol–water partition coefficient (Wildman–Crippen LogP) is 2.60. The zero-order valence-electron chi connectivity index (χ0n) is 18.6. The van der Waals surface area contributed by atoms with Crippen molar-refractivity contribution >= 4 is 25.2 Å². The van der Waals surface area contributed by atoms with Crippen molar-refractivity contribution in [3.8, 4) is 0 Å². The highest BCUT2D eigenvalue weighted by Gasteiger charge is 2.39. The number of nitrogens with zero attached hydrogens (tertiary/aromatic N) is 1. The van der Waals surface area contributed by atoms with Gasteiger partial charge in [0.15, 0.2) is 16.6 Å². The SMILES string of the molecule is C[N+](C)(CCO)CC(O)COCCC[Si](C)(O[Si](C)(C)C)O[Si](C)(C)C. The smallest absolute Gasteiger partial charge is 0.314 e. The number of likely N-dealkylation sites (N-methyl/N-ethyl adjacent to an activating group) is 1. The number of quaternary nitrogens is 1. The molecule has 9 heteroatoms. The minimum absolute atomic E-state index is 0.123. The first-order valence-corrected chi connectivity index (χ1v) is 19.0. The summed E-state index contributed by atoms with van der Waals surface area (Å²) >= 11 is 0.